The standard InChI is InChI=1S/C18H21N3O3/c1-4-14-20-15-11-7-5-6-8-13(11)24-16(15)17(21-14)19-12(18(22)23)9-10(2)3/h5-8,10,12H,4,9H2,1-3H3,(H,22,23)(H,19,20,21). The lowest BCUT2D eigenvalue weighted by Gasteiger charge is -2.17. The van der Waals surface area contributed by atoms with Crippen LogP contribution >= 0.6 is 0 Å². The van der Waals surface area contributed by atoms with Crippen molar-refractivity contribution in [2.75, 3.05) is 5.32 Å². The normalized spacial score (nSPS) is 12.8. The van der Waals surface area contributed by atoms with E-state index < -0.39 is 12.0 Å². The average Bonchev–Trinajstić information content (AvgIpc) is 2.92. The summed E-state index contributed by atoms with van der Waals surface area (Å²) in [5, 5.41) is 13.4. The lowest BCUT2D eigenvalue weighted by Crippen LogP contribution is -2.31. The van der Waals surface area contributed by atoms with Crippen LogP contribution in [-0.2, 0) is 11.2 Å². The first-order valence-corrected chi connectivity index (χ1v) is 8.17. The molecule has 2 aromatic heterocycles. The van der Waals surface area contributed by atoms with Crippen LogP contribution in [0.2, 0.25) is 0 Å². The first kappa shape index (κ1) is 16.2. The minimum atomic E-state index is -0.898. The maximum atomic E-state index is 11.6. The van der Waals surface area contributed by atoms with E-state index in [4.69, 9.17) is 4.42 Å². The van der Waals surface area contributed by atoms with E-state index in [2.05, 4.69) is 15.3 Å². The van der Waals surface area contributed by atoms with Gasteiger partial charge in [0.25, 0.3) is 0 Å². The fourth-order valence-electron chi connectivity index (χ4n) is 2.75. The topological polar surface area (TPSA) is 88.2 Å². The number of carbonyl (C=O) groups is 1. The molecule has 0 spiro atoms. The van der Waals surface area contributed by atoms with Crippen molar-refractivity contribution in [3.05, 3.63) is 30.1 Å². The van der Waals surface area contributed by atoms with E-state index in [0.29, 0.717) is 41.2 Å². The van der Waals surface area contributed by atoms with Gasteiger partial charge in [-0.3, -0.25) is 0 Å². The Morgan fingerprint density at radius 1 is 1.29 bits per heavy atom. The molecule has 0 fully saturated rings. The Hall–Kier alpha value is -2.63. The second-order valence-corrected chi connectivity index (χ2v) is 6.28. The number of rotatable bonds is 6. The highest BCUT2D eigenvalue weighted by atomic mass is 16.4. The van der Waals surface area contributed by atoms with Crippen molar-refractivity contribution in [2.24, 2.45) is 5.92 Å². The van der Waals surface area contributed by atoms with E-state index in [9.17, 15) is 9.90 Å². The van der Waals surface area contributed by atoms with Crippen molar-refractivity contribution in [2.45, 2.75) is 39.7 Å². The molecule has 3 rings (SSSR count). The molecule has 126 valence electrons. The highest BCUT2D eigenvalue weighted by Gasteiger charge is 2.23. The molecule has 0 bridgehead atoms. The summed E-state index contributed by atoms with van der Waals surface area (Å²) in [5.41, 5.74) is 1.94. The van der Waals surface area contributed by atoms with Gasteiger partial charge in [0.05, 0.1) is 0 Å². The Labute approximate surface area is 139 Å². The summed E-state index contributed by atoms with van der Waals surface area (Å²) in [7, 11) is 0. The van der Waals surface area contributed by atoms with Gasteiger partial charge in [0.15, 0.2) is 11.4 Å². The molecule has 24 heavy (non-hydrogen) atoms. The van der Waals surface area contributed by atoms with Crippen molar-refractivity contribution in [3.63, 3.8) is 0 Å². The van der Waals surface area contributed by atoms with Crippen LogP contribution in [0, 0.1) is 5.92 Å². The zero-order chi connectivity index (χ0) is 17.3. The zero-order valence-electron chi connectivity index (χ0n) is 14.0. The Bertz CT molecular complexity index is 886. The number of aromatic nitrogens is 2. The summed E-state index contributed by atoms with van der Waals surface area (Å²) in [4.78, 5) is 20.6. The van der Waals surface area contributed by atoms with Gasteiger partial charge in [-0.1, -0.05) is 32.9 Å². The molecule has 0 aliphatic rings. The number of benzene rings is 1. The van der Waals surface area contributed by atoms with Gasteiger partial charge in [-0.05, 0) is 24.5 Å². The highest BCUT2D eigenvalue weighted by molar-refractivity contribution is 6.05. The first-order chi connectivity index (χ1) is 11.5. The number of hydrogen-bond donors (Lipinski definition) is 2. The van der Waals surface area contributed by atoms with E-state index in [1.54, 1.807) is 0 Å². The smallest absolute Gasteiger partial charge is 0.326 e. The summed E-state index contributed by atoms with van der Waals surface area (Å²) in [6.45, 7) is 5.95. The Balaban J connectivity index is 2.13. The summed E-state index contributed by atoms with van der Waals surface area (Å²) in [6.07, 6.45) is 1.16. The maximum absolute atomic E-state index is 11.6. The predicted molar refractivity (Wildman–Crippen MR) is 93.2 cm³/mol. The largest absolute Gasteiger partial charge is 0.480 e. The minimum absolute atomic E-state index is 0.247. The molecular formula is C18H21N3O3. The van der Waals surface area contributed by atoms with E-state index in [1.165, 1.54) is 0 Å². The van der Waals surface area contributed by atoms with Crippen molar-refractivity contribution >= 4 is 33.9 Å². The molecular weight excluding hydrogens is 306 g/mol. The molecule has 0 radical (unpaired) electrons. The van der Waals surface area contributed by atoms with Gasteiger partial charge in [0.2, 0.25) is 0 Å². The second kappa shape index (κ2) is 6.47. The molecule has 6 heteroatoms. The second-order valence-electron chi connectivity index (χ2n) is 6.28. The van der Waals surface area contributed by atoms with Gasteiger partial charge in [-0.2, -0.15) is 0 Å². The number of carboxylic acid groups (broad SMARTS) is 1. The summed E-state index contributed by atoms with van der Waals surface area (Å²) >= 11 is 0. The number of fused-ring (bicyclic) bond motifs is 3. The monoisotopic (exact) mass is 327 g/mol. The van der Waals surface area contributed by atoms with E-state index in [1.807, 2.05) is 45.0 Å². The number of hydrogen-bond acceptors (Lipinski definition) is 5. The number of nitrogens with zero attached hydrogens (tertiary/aromatic N) is 2. The van der Waals surface area contributed by atoms with Crippen LogP contribution in [0.5, 0.6) is 0 Å². The SMILES string of the molecule is CCc1nc(NC(CC(C)C)C(=O)O)c2oc3ccccc3c2n1. The number of aliphatic carboxylic acids is 1. The fraction of sp³-hybridized carbons (Fsp3) is 0.389. The van der Waals surface area contributed by atoms with E-state index in [0.717, 1.165) is 5.39 Å². The van der Waals surface area contributed by atoms with Crippen molar-refractivity contribution < 1.29 is 14.3 Å². The number of para-hydroxylation sites is 1. The van der Waals surface area contributed by atoms with Gasteiger partial charge < -0.3 is 14.8 Å². The number of carboxylic acids is 1. The number of aryl methyl sites for hydroxylation is 1. The maximum Gasteiger partial charge on any atom is 0.326 e. The van der Waals surface area contributed by atoms with Gasteiger partial charge in [0.1, 0.15) is 23.0 Å². The predicted octanol–water partition coefficient (Wildman–Crippen LogP) is 3.85. The molecule has 0 aliphatic carbocycles. The van der Waals surface area contributed by atoms with Gasteiger partial charge >= 0.3 is 5.97 Å². The van der Waals surface area contributed by atoms with Crippen LogP contribution < -0.4 is 5.32 Å². The van der Waals surface area contributed by atoms with Gasteiger partial charge in [0, 0.05) is 11.8 Å². The Kier molecular flexibility index (Phi) is 4.38. The molecule has 0 amide bonds. The molecule has 1 aromatic carbocycles. The van der Waals surface area contributed by atoms with E-state index >= 15 is 0 Å². The summed E-state index contributed by atoms with van der Waals surface area (Å²) < 4.78 is 5.89. The molecule has 0 saturated carbocycles. The van der Waals surface area contributed by atoms with Crippen molar-refractivity contribution in [1.82, 2.24) is 9.97 Å². The zero-order valence-corrected chi connectivity index (χ0v) is 14.0. The quantitative estimate of drug-likeness (QED) is 0.715. The van der Waals surface area contributed by atoms with Crippen LogP contribution in [0.25, 0.3) is 22.1 Å². The van der Waals surface area contributed by atoms with Crippen LogP contribution in [-0.4, -0.2) is 27.1 Å². The molecule has 2 N–H and O–H groups in total. The molecule has 1 unspecified atom stereocenters. The summed E-state index contributed by atoms with van der Waals surface area (Å²) in [5.74, 6) is 0.452. The number of furan rings is 1. The van der Waals surface area contributed by atoms with Crippen LogP contribution in [0.1, 0.15) is 33.0 Å². The lowest BCUT2D eigenvalue weighted by atomic mass is 10.0. The third kappa shape index (κ3) is 3.04. The Morgan fingerprint density at radius 3 is 2.71 bits per heavy atom. The number of nitrogens with one attached hydrogen (secondary N) is 1. The van der Waals surface area contributed by atoms with Crippen molar-refractivity contribution in [3.8, 4) is 0 Å². The van der Waals surface area contributed by atoms with Gasteiger partial charge in [-0.15, -0.1) is 0 Å². The third-order valence-electron chi connectivity index (χ3n) is 3.90. The lowest BCUT2D eigenvalue weighted by molar-refractivity contribution is -0.138. The fourth-order valence-corrected chi connectivity index (χ4v) is 2.75. The van der Waals surface area contributed by atoms with Crippen LogP contribution in [0.3, 0.4) is 0 Å². The van der Waals surface area contributed by atoms with Crippen LogP contribution in [0.4, 0.5) is 5.82 Å². The molecule has 1 atom stereocenters. The minimum Gasteiger partial charge on any atom is -0.480 e. The van der Waals surface area contributed by atoms with Crippen LogP contribution in [0.15, 0.2) is 28.7 Å². The molecule has 6 nitrogen and oxygen atoms in total. The third-order valence-corrected chi connectivity index (χ3v) is 3.90. The summed E-state index contributed by atoms with van der Waals surface area (Å²) in [6, 6.07) is 6.91. The number of anilines is 1. The molecule has 0 aliphatic heterocycles. The molecule has 2 heterocycles. The average molecular weight is 327 g/mol. The van der Waals surface area contributed by atoms with E-state index in [-0.39, 0.29) is 5.92 Å². The van der Waals surface area contributed by atoms with Crippen molar-refractivity contribution in [1.29, 1.82) is 0 Å². The first-order valence-electron chi connectivity index (χ1n) is 8.17. The molecule has 3 aromatic rings. The Morgan fingerprint density at radius 2 is 2.04 bits per heavy atom. The molecule has 0 saturated heterocycles. The van der Waals surface area contributed by atoms with Gasteiger partial charge in [-0.25, -0.2) is 14.8 Å². The highest BCUT2D eigenvalue weighted by Crippen LogP contribution is 2.31.